The molecule has 7 nitrogen and oxygen atoms in total. The van der Waals surface area contributed by atoms with E-state index in [0.29, 0.717) is 23.6 Å². The Morgan fingerprint density at radius 1 is 0.875 bits per heavy atom. The molecule has 1 aliphatic heterocycles. The minimum atomic E-state index is -0.791. The first-order valence-electron chi connectivity index (χ1n) is 9.74. The van der Waals surface area contributed by atoms with E-state index in [-0.39, 0.29) is 17.0 Å². The summed E-state index contributed by atoms with van der Waals surface area (Å²) in [6.07, 6.45) is 3.21. The number of hydrogen-bond donors (Lipinski definition) is 0. The van der Waals surface area contributed by atoms with Crippen molar-refractivity contribution in [2.75, 3.05) is 28.4 Å². The second-order valence-corrected chi connectivity index (χ2v) is 6.99. The molecule has 0 saturated carbocycles. The fraction of sp³-hybridized carbons (Fsp3) is 0.250. The molecule has 0 saturated heterocycles. The Balaban J connectivity index is 2.12. The van der Waals surface area contributed by atoms with Crippen molar-refractivity contribution in [3.8, 4) is 11.5 Å². The van der Waals surface area contributed by atoms with Crippen LogP contribution >= 0.6 is 0 Å². The van der Waals surface area contributed by atoms with Gasteiger partial charge in [0.05, 0.1) is 45.5 Å². The number of halogens is 1. The summed E-state index contributed by atoms with van der Waals surface area (Å²) in [6, 6.07) is 11.1. The van der Waals surface area contributed by atoms with Crippen molar-refractivity contribution in [2.24, 2.45) is 0 Å². The van der Waals surface area contributed by atoms with Gasteiger partial charge in [-0.05, 0) is 23.8 Å². The van der Waals surface area contributed by atoms with Crippen LogP contribution in [-0.4, -0.2) is 45.3 Å². The van der Waals surface area contributed by atoms with Crippen molar-refractivity contribution in [3.05, 3.63) is 83.0 Å². The molecule has 0 unspecified atom stereocenters. The quantitative estimate of drug-likeness (QED) is 0.609. The number of esters is 2. The summed E-state index contributed by atoms with van der Waals surface area (Å²) in [4.78, 5) is 27.2. The van der Waals surface area contributed by atoms with Crippen LogP contribution < -0.4 is 9.47 Å². The Morgan fingerprint density at radius 2 is 1.47 bits per heavy atom. The molecule has 1 aliphatic rings. The molecule has 1 heterocycles. The van der Waals surface area contributed by atoms with Crippen molar-refractivity contribution in [1.82, 2.24) is 4.90 Å². The van der Waals surface area contributed by atoms with E-state index >= 15 is 0 Å². The topological polar surface area (TPSA) is 74.3 Å². The largest absolute Gasteiger partial charge is 0.497 e. The van der Waals surface area contributed by atoms with Gasteiger partial charge in [-0.3, -0.25) is 0 Å². The highest BCUT2D eigenvalue weighted by atomic mass is 19.1. The standard InChI is InChI=1S/C24H24FNO6/c1-29-17-9-10-18(21(11-17)30-2)22-19(23(27)31-3)13-26(14-20(22)24(28)32-4)12-15-5-7-16(25)8-6-15/h5-11,13-14,22H,12H2,1-4H3. The molecule has 2 aromatic carbocycles. The molecule has 0 amide bonds. The fourth-order valence-corrected chi connectivity index (χ4v) is 3.57. The molecule has 2 aromatic rings. The van der Waals surface area contributed by atoms with Crippen LogP contribution in [0.15, 0.2) is 66.0 Å². The van der Waals surface area contributed by atoms with Crippen LogP contribution in [0.5, 0.6) is 11.5 Å². The maximum absolute atomic E-state index is 13.3. The molecule has 0 atom stereocenters. The van der Waals surface area contributed by atoms with Crippen LogP contribution in [0, 0.1) is 5.82 Å². The molecule has 168 valence electrons. The summed E-state index contributed by atoms with van der Waals surface area (Å²) in [5.41, 5.74) is 1.80. The van der Waals surface area contributed by atoms with Gasteiger partial charge in [-0.25, -0.2) is 14.0 Å². The van der Waals surface area contributed by atoms with Gasteiger partial charge >= 0.3 is 11.9 Å². The first-order valence-corrected chi connectivity index (χ1v) is 9.74. The van der Waals surface area contributed by atoms with Crippen LogP contribution in [0.3, 0.4) is 0 Å². The van der Waals surface area contributed by atoms with Gasteiger partial charge in [0.2, 0.25) is 0 Å². The molecule has 0 fully saturated rings. The maximum atomic E-state index is 13.3. The first kappa shape index (κ1) is 22.9. The van der Waals surface area contributed by atoms with Gasteiger partial charge in [0.15, 0.2) is 0 Å². The summed E-state index contributed by atoms with van der Waals surface area (Å²) in [5.74, 6) is -1.36. The predicted octanol–water partition coefficient (Wildman–Crippen LogP) is 3.56. The van der Waals surface area contributed by atoms with Gasteiger partial charge in [0.25, 0.3) is 0 Å². The summed E-state index contributed by atoms with van der Waals surface area (Å²) in [7, 11) is 5.56. The second-order valence-electron chi connectivity index (χ2n) is 6.99. The lowest BCUT2D eigenvalue weighted by Gasteiger charge is -2.30. The lowest BCUT2D eigenvalue weighted by atomic mass is 9.82. The highest BCUT2D eigenvalue weighted by Crippen LogP contribution is 2.42. The normalized spacial score (nSPS) is 13.7. The van der Waals surface area contributed by atoms with Crippen molar-refractivity contribution in [3.63, 3.8) is 0 Å². The van der Waals surface area contributed by atoms with Gasteiger partial charge in [-0.2, -0.15) is 0 Å². The molecule has 0 radical (unpaired) electrons. The zero-order valence-corrected chi connectivity index (χ0v) is 18.3. The molecule has 3 rings (SSSR count). The number of rotatable bonds is 7. The van der Waals surface area contributed by atoms with E-state index in [1.54, 1.807) is 47.6 Å². The minimum absolute atomic E-state index is 0.223. The van der Waals surface area contributed by atoms with Gasteiger partial charge in [-0.15, -0.1) is 0 Å². The van der Waals surface area contributed by atoms with Crippen LogP contribution in [0.25, 0.3) is 0 Å². The monoisotopic (exact) mass is 441 g/mol. The first-order chi connectivity index (χ1) is 15.4. The van der Waals surface area contributed by atoms with E-state index in [0.717, 1.165) is 5.56 Å². The molecule has 0 spiro atoms. The van der Waals surface area contributed by atoms with Gasteiger partial charge in [-0.1, -0.05) is 18.2 Å². The number of nitrogens with zero attached hydrogens (tertiary/aromatic N) is 1. The van der Waals surface area contributed by atoms with E-state index in [1.165, 1.54) is 40.6 Å². The molecular weight excluding hydrogens is 417 g/mol. The third-order valence-electron chi connectivity index (χ3n) is 5.10. The van der Waals surface area contributed by atoms with Gasteiger partial charge < -0.3 is 23.8 Å². The lowest BCUT2D eigenvalue weighted by molar-refractivity contribution is -0.137. The predicted molar refractivity (Wildman–Crippen MR) is 114 cm³/mol. The number of ether oxygens (including phenoxy) is 4. The highest BCUT2D eigenvalue weighted by Gasteiger charge is 2.37. The SMILES string of the molecule is COC(=O)C1=CN(Cc2ccc(F)cc2)C=C(C(=O)OC)C1c1ccc(OC)cc1OC. The van der Waals surface area contributed by atoms with Crippen molar-refractivity contribution in [2.45, 2.75) is 12.5 Å². The lowest BCUT2D eigenvalue weighted by Crippen LogP contribution is -2.28. The summed E-state index contributed by atoms with van der Waals surface area (Å²) in [6.45, 7) is 0.299. The Kier molecular flexibility index (Phi) is 7.14. The second kappa shape index (κ2) is 10.00. The average Bonchev–Trinajstić information content (AvgIpc) is 2.83. The van der Waals surface area contributed by atoms with E-state index in [9.17, 15) is 14.0 Å². The molecular formula is C24H24FNO6. The number of benzene rings is 2. The molecule has 0 N–H and O–H groups in total. The van der Waals surface area contributed by atoms with E-state index in [1.807, 2.05) is 0 Å². The van der Waals surface area contributed by atoms with Crippen LogP contribution in [0.4, 0.5) is 4.39 Å². The van der Waals surface area contributed by atoms with Crippen LogP contribution in [-0.2, 0) is 25.6 Å². The molecule has 8 heteroatoms. The summed E-state index contributed by atoms with van der Waals surface area (Å²) >= 11 is 0. The van der Waals surface area contributed by atoms with Crippen molar-refractivity contribution >= 4 is 11.9 Å². The van der Waals surface area contributed by atoms with Gasteiger partial charge in [0.1, 0.15) is 17.3 Å². The molecule has 0 aromatic heterocycles. The minimum Gasteiger partial charge on any atom is -0.497 e. The smallest absolute Gasteiger partial charge is 0.336 e. The Morgan fingerprint density at radius 3 is 1.97 bits per heavy atom. The fourth-order valence-electron chi connectivity index (χ4n) is 3.57. The van der Waals surface area contributed by atoms with Crippen molar-refractivity contribution in [1.29, 1.82) is 0 Å². The zero-order valence-electron chi connectivity index (χ0n) is 18.3. The summed E-state index contributed by atoms with van der Waals surface area (Å²) in [5, 5.41) is 0. The third-order valence-corrected chi connectivity index (χ3v) is 5.10. The van der Waals surface area contributed by atoms with Crippen LogP contribution in [0.1, 0.15) is 17.0 Å². The Bertz CT molecular complexity index is 1030. The van der Waals surface area contributed by atoms with E-state index in [2.05, 4.69) is 0 Å². The Labute approximate surface area is 185 Å². The molecule has 0 aliphatic carbocycles. The Hall–Kier alpha value is -3.81. The third kappa shape index (κ3) is 4.74. The molecule has 0 bridgehead atoms. The van der Waals surface area contributed by atoms with E-state index < -0.39 is 17.9 Å². The van der Waals surface area contributed by atoms with Crippen LogP contribution in [0.2, 0.25) is 0 Å². The average molecular weight is 441 g/mol. The number of hydrogen-bond acceptors (Lipinski definition) is 7. The maximum Gasteiger partial charge on any atom is 0.336 e. The number of carbonyl (C=O) groups excluding carboxylic acids is 2. The summed E-state index contributed by atoms with van der Waals surface area (Å²) < 4.78 is 34.1. The number of methoxy groups -OCH3 is 4. The van der Waals surface area contributed by atoms with E-state index in [4.69, 9.17) is 18.9 Å². The highest BCUT2D eigenvalue weighted by molar-refractivity contribution is 5.98. The van der Waals surface area contributed by atoms with Gasteiger partial charge in [0, 0.05) is 30.6 Å². The van der Waals surface area contributed by atoms with Crippen molar-refractivity contribution < 1.29 is 32.9 Å². The number of carbonyl (C=O) groups is 2. The zero-order chi connectivity index (χ0) is 23.3. The molecule has 32 heavy (non-hydrogen) atoms.